The summed E-state index contributed by atoms with van der Waals surface area (Å²) in [4.78, 5) is 26.6. The first-order valence-corrected chi connectivity index (χ1v) is 7.01. The van der Waals surface area contributed by atoms with Gasteiger partial charge in [-0.1, -0.05) is 6.07 Å². The highest BCUT2D eigenvalue weighted by Gasteiger charge is 2.19. The number of carbonyl (C=O) groups excluding carboxylic acids is 2. The van der Waals surface area contributed by atoms with Crippen LogP contribution < -0.4 is 5.32 Å². The van der Waals surface area contributed by atoms with Crippen molar-refractivity contribution < 1.29 is 14.3 Å². The van der Waals surface area contributed by atoms with E-state index in [4.69, 9.17) is 0 Å². The topological polar surface area (TPSA) is 68.3 Å². The van der Waals surface area contributed by atoms with E-state index >= 15 is 0 Å². The van der Waals surface area contributed by atoms with Gasteiger partial charge in [-0.2, -0.15) is 11.8 Å². The van der Waals surface area contributed by atoms with E-state index in [-0.39, 0.29) is 5.91 Å². The average Bonchev–Trinajstić information content (AvgIpc) is 2.36. The van der Waals surface area contributed by atoms with E-state index in [1.165, 1.54) is 14.0 Å². The summed E-state index contributed by atoms with van der Waals surface area (Å²) in [7, 11) is 1.31. The summed E-state index contributed by atoms with van der Waals surface area (Å²) in [5.74, 6) is 0.542. The lowest BCUT2D eigenvalue weighted by molar-refractivity contribution is -0.144. The van der Waals surface area contributed by atoms with E-state index in [0.717, 1.165) is 16.9 Å². The monoisotopic (exact) mass is 282 g/mol. The van der Waals surface area contributed by atoms with Crippen molar-refractivity contribution >= 4 is 23.6 Å². The van der Waals surface area contributed by atoms with Gasteiger partial charge in [-0.05, 0) is 18.1 Å². The second-order valence-electron chi connectivity index (χ2n) is 4.16. The number of methoxy groups -OCH3 is 1. The molecule has 0 aliphatic rings. The van der Waals surface area contributed by atoms with Crippen molar-refractivity contribution in [1.82, 2.24) is 10.3 Å². The molecule has 1 aromatic rings. The standard InChI is InChI=1S/C13H18N2O3S/c1-9-4-11(6-14-5-9)7-19-8-12(13(17)18-3)15-10(2)16/h4-6,12H,7-8H2,1-3H3,(H,15,16)/t12-/m0/s1. The molecule has 1 atom stereocenters. The number of ether oxygens (including phenoxy) is 1. The third-order valence-electron chi connectivity index (χ3n) is 2.35. The van der Waals surface area contributed by atoms with Crippen molar-refractivity contribution in [1.29, 1.82) is 0 Å². The number of hydrogen-bond acceptors (Lipinski definition) is 5. The van der Waals surface area contributed by atoms with E-state index in [0.29, 0.717) is 5.75 Å². The fourth-order valence-corrected chi connectivity index (χ4v) is 2.51. The Labute approximate surface area is 117 Å². The van der Waals surface area contributed by atoms with Crippen LogP contribution >= 0.6 is 11.8 Å². The maximum absolute atomic E-state index is 11.5. The van der Waals surface area contributed by atoms with E-state index in [1.54, 1.807) is 24.2 Å². The number of thioether (sulfide) groups is 1. The Morgan fingerprint density at radius 2 is 2.21 bits per heavy atom. The number of hydrogen-bond donors (Lipinski definition) is 1. The van der Waals surface area contributed by atoms with Gasteiger partial charge in [0, 0.05) is 30.8 Å². The molecule has 0 bridgehead atoms. The van der Waals surface area contributed by atoms with Crippen molar-refractivity contribution in [2.75, 3.05) is 12.9 Å². The molecule has 0 spiro atoms. The van der Waals surface area contributed by atoms with Gasteiger partial charge < -0.3 is 10.1 Å². The zero-order valence-corrected chi connectivity index (χ0v) is 12.1. The third-order valence-corrected chi connectivity index (χ3v) is 3.45. The lowest BCUT2D eigenvalue weighted by Crippen LogP contribution is -2.42. The highest BCUT2D eigenvalue weighted by Crippen LogP contribution is 2.13. The van der Waals surface area contributed by atoms with Crippen molar-refractivity contribution in [3.63, 3.8) is 0 Å². The van der Waals surface area contributed by atoms with Crippen LogP contribution in [-0.2, 0) is 20.1 Å². The predicted molar refractivity (Wildman–Crippen MR) is 74.8 cm³/mol. The molecule has 1 heterocycles. The maximum Gasteiger partial charge on any atom is 0.329 e. The summed E-state index contributed by atoms with van der Waals surface area (Å²) in [5.41, 5.74) is 2.20. The molecule has 0 fully saturated rings. The number of nitrogens with zero attached hydrogens (tertiary/aromatic N) is 1. The van der Waals surface area contributed by atoms with Crippen molar-refractivity contribution in [3.05, 3.63) is 29.6 Å². The molecular formula is C13H18N2O3S. The first-order chi connectivity index (χ1) is 9.02. The van der Waals surface area contributed by atoms with Crippen LogP contribution in [0, 0.1) is 6.92 Å². The highest BCUT2D eigenvalue weighted by molar-refractivity contribution is 7.98. The number of esters is 1. The van der Waals surface area contributed by atoms with Crippen LogP contribution in [0.3, 0.4) is 0 Å². The van der Waals surface area contributed by atoms with Crippen LogP contribution in [-0.4, -0.2) is 35.8 Å². The Morgan fingerprint density at radius 1 is 1.47 bits per heavy atom. The first-order valence-electron chi connectivity index (χ1n) is 5.86. The van der Waals surface area contributed by atoms with Crippen LogP contribution in [0.5, 0.6) is 0 Å². The van der Waals surface area contributed by atoms with E-state index in [1.807, 2.05) is 13.0 Å². The van der Waals surface area contributed by atoms with E-state index < -0.39 is 12.0 Å². The van der Waals surface area contributed by atoms with Crippen molar-refractivity contribution in [2.24, 2.45) is 0 Å². The molecule has 0 aliphatic heterocycles. The van der Waals surface area contributed by atoms with Gasteiger partial charge in [-0.25, -0.2) is 4.79 Å². The highest BCUT2D eigenvalue weighted by atomic mass is 32.2. The Morgan fingerprint density at radius 3 is 2.79 bits per heavy atom. The normalized spacial score (nSPS) is 11.7. The largest absolute Gasteiger partial charge is 0.467 e. The molecule has 1 amide bonds. The molecule has 0 radical (unpaired) electrons. The molecule has 104 valence electrons. The number of pyridine rings is 1. The third kappa shape index (κ3) is 5.74. The lowest BCUT2D eigenvalue weighted by atomic mass is 10.2. The number of carbonyl (C=O) groups is 2. The fraction of sp³-hybridized carbons (Fsp3) is 0.462. The van der Waals surface area contributed by atoms with Crippen LogP contribution in [0.15, 0.2) is 18.5 Å². The summed E-state index contributed by atoms with van der Waals surface area (Å²) < 4.78 is 4.66. The molecule has 0 aliphatic carbocycles. The van der Waals surface area contributed by atoms with E-state index in [2.05, 4.69) is 15.0 Å². The zero-order chi connectivity index (χ0) is 14.3. The molecular weight excluding hydrogens is 264 g/mol. The van der Waals surface area contributed by atoms with Gasteiger partial charge in [0.05, 0.1) is 7.11 Å². The molecule has 5 nitrogen and oxygen atoms in total. The number of nitrogens with one attached hydrogen (secondary N) is 1. The SMILES string of the molecule is COC(=O)[C@H](CSCc1cncc(C)c1)NC(C)=O. The molecule has 0 saturated carbocycles. The summed E-state index contributed by atoms with van der Waals surface area (Å²) in [6, 6.07) is 1.44. The molecule has 0 saturated heterocycles. The first kappa shape index (κ1) is 15.5. The number of aryl methyl sites for hydroxylation is 1. The van der Waals surface area contributed by atoms with Crippen LogP contribution in [0.4, 0.5) is 0 Å². The Kier molecular flexibility index (Phi) is 6.35. The Balaban J connectivity index is 2.48. The Bertz CT molecular complexity index is 451. The summed E-state index contributed by atoms with van der Waals surface area (Å²) in [5, 5.41) is 2.58. The van der Waals surface area contributed by atoms with Gasteiger partial charge in [0.15, 0.2) is 0 Å². The maximum atomic E-state index is 11.5. The van der Waals surface area contributed by atoms with Crippen LogP contribution in [0.2, 0.25) is 0 Å². The lowest BCUT2D eigenvalue weighted by Gasteiger charge is -2.14. The summed E-state index contributed by atoms with van der Waals surface area (Å²) in [6.45, 7) is 3.36. The predicted octanol–water partition coefficient (Wildman–Crippen LogP) is 1.30. The van der Waals surface area contributed by atoms with Gasteiger partial charge in [-0.15, -0.1) is 0 Å². The summed E-state index contributed by atoms with van der Waals surface area (Å²) >= 11 is 1.55. The second kappa shape index (κ2) is 7.78. The Hall–Kier alpha value is -1.56. The smallest absolute Gasteiger partial charge is 0.329 e. The van der Waals surface area contributed by atoms with Crippen molar-refractivity contribution in [2.45, 2.75) is 25.6 Å². The number of rotatable bonds is 6. The molecule has 1 rings (SSSR count). The van der Waals surface area contributed by atoms with Crippen LogP contribution in [0.25, 0.3) is 0 Å². The minimum Gasteiger partial charge on any atom is -0.467 e. The quantitative estimate of drug-likeness (QED) is 0.797. The van der Waals surface area contributed by atoms with Gasteiger partial charge >= 0.3 is 5.97 Å². The second-order valence-corrected chi connectivity index (χ2v) is 5.19. The molecule has 1 aromatic heterocycles. The average molecular weight is 282 g/mol. The molecule has 1 N–H and O–H groups in total. The zero-order valence-electron chi connectivity index (χ0n) is 11.3. The number of amides is 1. The molecule has 6 heteroatoms. The van der Waals surface area contributed by atoms with Gasteiger partial charge in [0.2, 0.25) is 5.91 Å². The molecule has 0 unspecified atom stereocenters. The van der Waals surface area contributed by atoms with Crippen molar-refractivity contribution in [3.8, 4) is 0 Å². The minimum absolute atomic E-state index is 0.242. The molecule has 19 heavy (non-hydrogen) atoms. The molecule has 0 aromatic carbocycles. The number of aromatic nitrogens is 1. The van der Waals surface area contributed by atoms with Gasteiger partial charge in [0.25, 0.3) is 0 Å². The van der Waals surface area contributed by atoms with Gasteiger partial charge in [-0.3, -0.25) is 9.78 Å². The van der Waals surface area contributed by atoms with E-state index in [9.17, 15) is 9.59 Å². The summed E-state index contributed by atoms with van der Waals surface area (Å²) in [6.07, 6.45) is 3.59. The van der Waals surface area contributed by atoms with Gasteiger partial charge in [0.1, 0.15) is 6.04 Å². The van der Waals surface area contributed by atoms with Crippen LogP contribution in [0.1, 0.15) is 18.1 Å². The fourth-order valence-electron chi connectivity index (χ4n) is 1.55. The minimum atomic E-state index is -0.606.